The summed E-state index contributed by atoms with van der Waals surface area (Å²) in [4.78, 5) is 0. The molecule has 1 heterocycles. The van der Waals surface area contributed by atoms with Crippen molar-refractivity contribution in [3.8, 4) is 5.75 Å². The highest BCUT2D eigenvalue weighted by atomic mass is 32.2. The van der Waals surface area contributed by atoms with Gasteiger partial charge in [-0.05, 0) is 24.1 Å². The zero-order valence-corrected chi connectivity index (χ0v) is 14.7. The van der Waals surface area contributed by atoms with Crippen molar-refractivity contribution in [1.82, 2.24) is 14.8 Å². The summed E-state index contributed by atoms with van der Waals surface area (Å²) < 4.78 is 67.5. The topological polar surface area (TPSA) is 94.3 Å². The minimum absolute atomic E-state index is 0.0137. The van der Waals surface area contributed by atoms with E-state index in [1.165, 1.54) is 28.8 Å². The monoisotopic (exact) mass is 393 g/mol. The Balaban J connectivity index is 2.16. The van der Waals surface area contributed by atoms with Crippen molar-refractivity contribution in [2.45, 2.75) is 43.6 Å². The smallest absolute Gasteiger partial charge is 0.422 e. The molecule has 0 aliphatic heterocycles. The molecule has 26 heavy (non-hydrogen) atoms. The van der Waals surface area contributed by atoms with Gasteiger partial charge in [-0.15, -0.1) is 10.2 Å². The number of benzene rings is 1. The summed E-state index contributed by atoms with van der Waals surface area (Å²) in [6.07, 6.45) is -3.82. The van der Waals surface area contributed by atoms with E-state index in [2.05, 4.69) is 14.9 Å². The average Bonchev–Trinajstić information content (AvgIpc) is 2.97. The fraction of sp³-hybridized carbons (Fsp3) is 0.467. The van der Waals surface area contributed by atoms with Crippen LogP contribution in [-0.2, 0) is 28.7 Å². The maximum Gasteiger partial charge on any atom is 0.422 e. The third-order valence-electron chi connectivity index (χ3n) is 3.34. The van der Waals surface area contributed by atoms with Crippen LogP contribution >= 0.6 is 0 Å². The van der Waals surface area contributed by atoms with Gasteiger partial charge in [-0.2, -0.15) is 13.2 Å². The minimum Gasteiger partial charge on any atom is -0.484 e. The van der Waals surface area contributed by atoms with Crippen molar-refractivity contribution < 1.29 is 31.4 Å². The highest BCUT2D eigenvalue weighted by Gasteiger charge is 2.28. The largest absolute Gasteiger partial charge is 0.484 e. The van der Waals surface area contributed by atoms with Gasteiger partial charge in [0.15, 0.2) is 12.4 Å². The fourth-order valence-electron chi connectivity index (χ4n) is 2.25. The quantitative estimate of drug-likeness (QED) is 0.738. The summed E-state index contributed by atoms with van der Waals surface area (Å²) >= 11 is 0. The normalized spacial score (nSPS) is 12.3. The molecule has 2 aromatic rings. The number of aliphatic hydroxyl groups excluding tert-OH is 1. The number of rotatable bonds is 8. The highest BCUT2D eigenvalue weighted by molar-refractivity contribution is 7.90. The van der Waals surface area contributed by atoms with Gasteiger partial charge in [-0.25, -0.2) is 8.42 Å². The van der Waals surface area contributed by atoms with E-state index in [-0.39, 0.29) is 16.7 Å². The molecule has 0 aliphatic carbocycles. The van der Waals surface area contributed by atoms with Gasteiger partial charge in [-0.3, -0.25) is 4.57 Å². The van der Waals surface area contributed by atoms with Crippen LogP contribution in [0.15, 0.2) is 29.4 Å². The number of sulfone groups is 1. The summed E-state index contributed by atoms with van der Waals surface area (Å²) in [7, 11) is -3.85. The lowest BCUT2D eigenvalue weighted by Crippen LogP contribution is -2.19. The van der Waals surface area contributed by atoms with Crippen LogP contribution in [0.2, 0.25) is 0 Å². The Morgan fingerprint density at radius 2 is 1.85 bits per heavy atom. The van der Waals surface area contributed by atoms with Crippen LogP contribution in [-0.4, -0.2) is 41.1 Å². The third kappa shape index (κ3) is 5.18. The fourth-order valence-corrected chi connectivity index (χ4v) is 3.70. The van der Waals surface area contributed by atoms with Crippen molar-refractivity contribution in [2.24, 2.45) is 0 Å². The molecule has 7 nitrogen and oxygen atoms in total. The zero-order valence-electron chi connectivity index (χ0n) is 13.9. The second-order valence-electron chi connectivity index (χ2n) is 5.52. The molecular weight excluding hydrogens is 375 g/mol. The van der Waals surface area contributed by atoms with Gasteiger partial charge in [0.25, 0.3) is 0 Å². The number of nitrogens with zero attached hydrogens (tertiary/aromatic N) is 3. The number of halogens is 3. The molecule has 0 amide bonds. The first-order valence-electron chi connectivity index (χ1n) is 7.70. The van der Waals surface area contributed by atoms with E-state index in [0.717, 1.165) is 0 Å². The molecule has 0 spiro atoms. The maximum atomic E-state index is 12.6. The Hall–Kier alpha value is -2.14. The average molecular weight is 393 g/mol. The van der Waals surface area contributed by atoms with Gasteiger partial charge in [-0.1, -0.05) is 19.1 Å². The van der Waals surface area contributed by atoms with Crippen LogP contribution < -0.4 is 4.74 Å². The summed E-state index contributed by atoms with van der Waals surface area (Å²) in [6.45, 7) is 0.321. The lowest BCUT2D eigenvalue weighted by atomic mass is 10.2. The summed E-state index contributed by atoms with van der Waals surface area (Å²) in [5.41, 5.74) is 0.362. The van der Waals surface area contributed by atoms with E-state index in [9.17, 15) is 26.7 Å². The van der Waals surface area contributed by atoms with Crippen LogP contribution in [0.5, 0.6) is 5.75 Å². The van der Waals surface area contributed by atoms with Crippen molar-refractivity contribution in [3.63, 3.8) is 0 Å². The van der Waals surface area contributed by atoms with Crippen LogP contribution in [0.1, 0.15) is 24.7 Å². The standard InChI is InChI=1S/C15H18F3N3O4S/c1-2-7-21-13(8-22)19-20-14(21)26(23,24)9-11-3-5-12(6-4-11)25-10-15(16,17)18/h3-6,22H,2,7-10H2,1H3. The number of ether oxygens (including phenoxy) is 1. The van der Waals surface area contributed by atoms with Gasteiger partial charge in [0.2, 0.25) is 15.0 Å². The Morgan fingerprint density at radius 1 is 1.19 bits per heavy atom. The molecule has 11 heteroatoms. The Kier molecular flexibility index (Phi) is 6.24. The zero-order chi connectivity index (χ0) is 19.4. The molecule has 0 bridgehead atoms. The van der Waals surface area contributed by atoms with E-state index in [1.807, 2.05) is 6.92 Å². The second kappa shape index (κ2) is 8.04. The van der Waals surface area contributed by atoms with Crippen LogP contribution in [0, 0.1) is 0 Å². The molecule has 0 unspecified atom stereocenters. The molecule has 0 saturated carbocycles. The second-order valence-corrected chi connectivity index (χ2v) is 7.40. The van der Waals surface area contributed by atoms with Crippen molar-refractivity contribution >= 4 is 9.84 Å². The Labute approximate surface area is 148 Å². The predicted octanol–water partition coefficient (Wildman–Crippen LogP) is 2.10. The van der Waals surface area contributed by atoms with Gasteiger partial charge in [0.1, 0.15) is 12.4 Å². The van der Waals surface area contributed by atoms with Gasteiger partial charge in [0, 0.05) is 6.54 Å². The van der Waals surface area contributed by atoms with E-state index in [1.54, 1.807) is 0 Å². The molecule has 0 saturated heterocycles. The number of hydrogen-bond donors (Lipinski definition) is 1. The molecule has 2 rings (SSSR count). The molecule has 0 radical (unpaired) electrons. The SMILES string of the molecule is CCCn1c(CO)nnc1S(=O)(=O)Cc1ccc(OCC(F)(F)F)cc1. The van der Waals surface area contributed by atoms with Crippen molar-refractivity contribution in [3.05, 3.63) is 35.7 Å². The minimum atomic E-state index is -4.45. The maximum absolute atomic E-state index is 12.6. The van der Waals surface area contributed by atoms with Crippen LogP contribution in [0.3, 0.4) is 0 Å². The number of aromatic nitrogens is 3. The molecule has 1 aromatic carbocycles. The number of aliphatic hydroxyl groups is 1. The Morgan fingerprint density at radius 3 is 2.38 bits per heavy atom. The van der Waals surface area contributed by atoms with Crippen LogP contribution in [0.25, 0.3) is 0 Å². The first-order valence-corrected chi connectivity index (χ1v) is 9.35. The molecular formula is C15H18F3N3O4S. The van der Waals surface area contributed by atoms with Gasteiger partial charge < -0.3 is 9.84 Å². The lowest BCUT2D eigenvalue weighted by molar-refractivity contribution is -0.153. The molecule has 144 valence electrons. The van der Waals surface area contributed by atoms with E-state index in [0.29, 0.717) is 18.5 Å². The van der Waals surface area contributed by atoms with E-state index in [4.69, 9.17) is 0 Å². The molecule has 1 aromatic heterocycles. The van der Waals surface area contributed by atoms with Crippen molar-refractivity contribution in [1.29, 1.82) is 0 Å². The number of alkyl halides is 3. The van der Waals surface area contributed by atoms with Crippen LogP contribution in [0.4, 0.5) is 13.2 Å². The molecule has 0 aliphatic rings. The van der Waals surface area contributed by atoms with Gasteiger partial charge >= 0.3 is 6.18 Å². The number of hydrogen-bond acceptors (Lipinski definition) is 6. The molecule has 0 atom stereocenters. The summed E-state index contributed by atoms with van der Waals surface area (Å²) in [5, 5.41) is 16.3. The highest BCUT2D eigenvalue weighted by Crippen LogP contribution is 2.21. The first kappa shape index (κ1) is 20.2. The van der Waals surface area contributed by atoms with E-state index >= 15 is 0 Å². The first-order chi connectivity index (χ1) is 12.2. The predicted molar refractivity (Wildman–Crippen MR) is 85.1 cm³/mol. The van der Waals surface area contributed by atoms with E-state index < -0.39 is 35.0 Å². The molecule has 0 fully saturated rings. The third-order valence-corrected chi connectivity index (χ3v) is 4.91. The van der Waals surface area contributed by atoms with Gasteiger partial charge in [0.05, 0.1) is 5.75 Å². The summed E-state index contributed by atoms with van der Waals surface area (Å²) in [5.74, 6) is -0.263. The summed E-state index contributed by atoms with van der Waals surface area (Å²) in [6, 6.07) is 5.28. The molecule has 1 N–H and O–H groups in total. The Bertz CT molecular complexity index is 833. The van der Waals surface area contributed by atoms with Crippen molar-refractivity contribution in [2.75, 3.05) is 6.61 Å². The lowest BCUT2D eigenvalue weighted by Gasteiger charge is -2.10.